The standard InChI is InChI=1S/C10H11O.C5H5.Fe/c1-3-8-10(2,11)9-6-4-5-7-9;1-2-4-5-3-1;/h4-8,11H,1H2,2H3;1-5H;/q;;+2. The van der Waals surface area contributed by atoms with Crippen LogP contribution in [0.4, 0.5) is 0 Å². The molecule has 1 nitrogen and oxygen atoms in total. The van der Waals surface area contributed by atoms with Crippen molar-refractivity contribution >= 4 is 0 Å². The van der Waals surface area contributed by atoms with Crippen LogP contribution >= 0.6 is 0 Å². The summed E-state index contributed by atoms with van der Waals surface area (Å²) in [7, 11) is 0. The van der Waals surface area contributed by atoms with Crippen molar-refractivity contribution in [1.29, 1.82) is 0 Å². The quantitative estimate of drug-likeness (QED) is 0.602. The molecule has 2 rings (SSSR count). The van der Waals surface area contributed by atoms with Gasteiger partial charge in [0, 0.05) is 5.92 Å². The van der Waals surface area contributed by atoms with Gasteiger partial charge in [0.25, 0.3) is 0 Å². The molecular weight excluding hydrogens is 252 g/mol. The van der Waals surface area contributed by atoms with Crippen molar-refractivity contribution < 1.29 is 22.2 Å². The Kier molecular flexibility index (Phi) is 9.00. The van der Waals surface area contributed by atoms with Crippen molar-refractivity contribution in [3.05, 3.63) is 82.1 Å². The fraction of sp³-hybridized carbons (Fsp3) is 0.133. The molecule has 88 valence electrons. The smallest absolute Gasteiger partial charge is 0.385 e. The Morgan fingerprint density at radius 1 is 1.06 bits per heavy atom. The van der Waals surface area contributed by atoms with Crippen LogP contribution in [0.25, 0.3) is 0 Å². The third-order valence-corrected chi connectivity index (χ3v) is 2.19. The summed E-state index contributed by atoms with van der Waals surface area (Å²) in [6.07, 6.45) is 19.1. The van der Waals surface area contributed by atoms with E-state index in [-0.39, 0.29) is 17.1 Å². The van der Waals surface area contributed by atoms with Crippen LogP contribution in [-0.4, -0.2) is 10.7 Å². The summed E-state index contributed by atoms with van der Waals surface area (Å²) in [5, 5.41) is 9.72. The van der Waals surface area contributed by atoms with Crippen molar-refractivity contribution in [2.45, 2.75) is 12.5 Å². The number of rotatable bonds is 2. The predicted molar refractivity (Wildman–Crippen MR) is 66.3 cm³/mol. The van der Waals surface area contributed by atoms with Crippen molar-refractivity contribution in [2.75, 3.05) is 0 Å². The maximum atomic E-state index is 9.72. The average molecular weight is 268 g/mol. The molecule has 0 aromatic rings. The third kappa shape index (κ3) is 6.48. The van der Waals surface area contributed by atoms with Crippen LogP contribution in [0, 0.1) is 63.7 Å². The number of hydrogen-bond donors (Lipinski definition) is 1. The summed E-state index contributed by atoms with van der Waals surface area (Å²) in [5.41, 5.74) is 1.65. The van der Waals surface area contributed by atoms with Crippen molar-refractivity contribution in [3.8, 4) is 0 Å². The molecule has 0 saturated heterocycles. The molecule has 0 amide bonds. The zero-order chi connectivity index (χ0) is 11.9. The van der Waals surface area contributed by atoms with Crippen LogP contribution in [0.3, 0.4) is 0 Å². The Hall–Kier alpha value is -0.000519. The SMILES string of the molecule is C=C=CC(C)(O)[C]1[CH][CH][CH][CH]1.[CH]1[CH][CH][CH][CH]1.[Fe+2]. The second-order valence-corrected chi connectivity index (χ2v) is 3.63. The molecule has 1 atom stereocenters. The molecule has 2 saturated carbocycles. The van der Waals surface area contributed by atoms with E-state index < -0.39 is 5.60 Å². The van der Waals surface area contributed by atoms with Gasteiger partial charge in [-0.2, -0.15) is 0 Å². The van der Waals surface area contributed by atoms with E-state index in [1.165, 1.54) is 0 Å². The molecule has 0 heterocycles. The van der Waals surface area contributed by atoms with Crippen molar-refractivity contribution in [1.82, 2.24) is 0 Å². The van der Waals surface area contributed by atoms with E-state index in [4.69, 9.17) is 0 Å². The molecule has 0 bridgehead atoms. The number of aliphatic hydroxyl groups is 1. The summed E-state index contributed by atoms with van der Waals surface area (Å²) in [4.78, 5) is 0. The maximum Gasteiger partial charge on any atom is 2.00 e. The first kappa shape index (κ1) is 17.0. The fourth-order valence-corrected chi connectivity index (χ4v) is 1.31. The third-order valence-electron chi connectivity index (χ3n) is 2.19. The van der Waals surface area contributed by atoms with E-state index in [9.17, 15) is 5.11 Å². The minimum absolute atomic E-state index is 0. The summed E-state index contributed by atoms with van der Waals surface area (Å²) >= 11 is 0. The van der Waals surface area contributed by atoms with Gasteiger partial charge in [-0.3, -0.25) is 0 Å². The van der Waals surface area contributed by atoms with E-state index in [0.29, 0.717) is 0 Å². The first-order valence-corrected chi connectivity index (χ1v) is 5.15. The molecule has 10 radical (unpaired) electrons. The van der Waals surface area contributed by atoms with Crippen LogP contribution in [-0.2, 0) is 17.1 Å². The molecule has 1 unspecified atom stereocenters. The van der Waals surface area contributed by atoms with Gasteiger partial charge >= 0.3 is 17.1 Å². The molecule has 2 aliphatic carbocycles. The second-order valence-electron chi connectivity index (χ2n) is 3.63. The van der Waals surface area contributed by atoms with Gasteiger partial charge < -0.3 is 5.11 Å². The molecule has 17 heavy (non-hydrogen) atoms. The van der Waals surface area contributed by atoms with Gasteiger partial charge in [0.05, 0.1) is 5.60 Å². The van der Waals surface area contributed by atoms with Crippen LogP contribution in [0.2, 0.25) is 0 Å². The molecule has 0 aliphatic heterocycles. The summed E-state index contributed by atoms with van der Waals surface area (Å²) in [6, 6.07) is 0. The Balaban J connectivity index is 0.000000360. The van der Waals surface area contributed by atoms with E-state index in [2.05, 4.69) is 12.3 Å². The Labute approximate surface area is 117 Å². The topological polar surface area (TPSA) is 20.2 Å². The maximum absolute atomic E-state index is 9.72. The van der Waals surface area contributed by atoms with Crippen LogP contribution in [0.5, 0.6) is 0 Å². The summed E-state index contributed by atoms with van der Waals surface area (Å²) in [5.74, 6) is 0.869. The molecule has 2 fully saturated rings. The minimum atomic E-state index is -0.925. The first-order valence-electron chi connectivity index (χ1n) is 5.15. The van der Waals surface area contributed by atoms with E-state index in [1.54, 1.807) is 13.0 Å². The summed E-state index contributed by atoms with van der Waals surface area (Å²) in [6.45, 7) is 5.12. The Morgan fingerprint density at radius 2 is 1.47 bits per heavy atom. The molecule has 2 aliphatic rings. The summed E-state index contributed by atoms with van der Waals surface area (Å²) < 4.78 is 0. The van der Waals surface area contributed by atoms with E-state index in [0.717, 1.165) is 5.92 Å². The van der Waals surface area contributed by atoms with Gasteiger partial charge in [-0.25, -0.2) is 0 Å². The minimum Gasteiger partial charge on any atom is -0.385 e. The van der Waals surface area contributed by atoms with Crippen LogP contribution in [0.1, 0.15) is 6.92 Å². The van der Waals surface area contributed by atoms with Crippen molar-refractivity contribution in [3.63, 3.8) is 0 Å². The average Bonchev–Trinajstić information content (AvgIpc) is 2.95. The zero-order valence-corrected chi connectivity index (χ0v) is 10.9. The zero-order valence-electron chi connectivity index (χ0n) is 9.78. The predicted octanol–water partition coefficient (Wildman–Crippen LogP) is 2.50. The van der Waals surface area contributed by atoms with Crippen LogP contribution < -0.4 is 0 Å². The molecule has 1 N–H and O–H groups in total. The Bertz CT molecular complexity index is 224. The van der Waals surface area contributed by atoms with Crippen LogP contribution in [0.15, 0.2) is 18.4 Å². The molecular formula is C15H16FeO+2. The van der Waals surface area contributed by atoms with Gasteiger partial charge in [-0.1, -0.05) is 6.58 Å². The monoisotopic (exact) mass is 268 g/mol. The number of hydrogen-bond acceptors (Lipinski definition) is 1. The van der Waals surface area contributed by atoms with Crippen molar-refractivity contribution in [2.24, 2.45) is 0 Å². The van der Waals surface area contributed by atoms with E-state index >= 15 is 0 Å². The Morgan fingerprint density at radius 3 is 1.82 bits per heavy atom. The normalized spacial score (nSPS) is 22.7. The fourth-order valence-electron chi connectivity index (χ4n) is 1.31. The van der Waals surface area contributed by atoms with Gasteiger partial charge in [-0.05, 0) is 70.8 Å². The van der Waals surface area contributed by atoms with Gasteiger partial charge in [0.2, 0.25) is 0 Å². The molecule has 0 spiro atoms. The largest absolute Gasteiger partial charge is 2.00 e. The second kappa shape index (κ2) is 9.00. The van der Waals surface area contributed by atoms with Gasteiger partial charge in [-0.15, -0.1) is 5.73 Å². The molecule has 0 aromatic carbocycles. The van der Waals surface area contributed by atoms with E-state index in [1.807, 2.05) is 57.8 Å². The first-order chi connectivity index (χ1) is 7.67. The molecule has 2 heteroatoms. The van der Waals surface area contributed by atoms with Gasteiger partial charge in [0.1, 0.15) is 0 Å². The molecule has 0 aromatic heterocycles. The van der Waals surface area contributed by atoms with Gasteiger partial charge in [0.15, 0.2) is 0 Å².